The van der Waals surface area contributed by atoms with Crippen LogP contribution in [0.1, 0.15) is 0 Å². The highest BCUT2D eigenvalue weighted by Gasteiger charge is 2.26. The molecule has 0 saturated carbocycles. The fourth-order valence-corrected chi connectivity index (χ4v) is 0.645. The Morgan fingerprint density at radius 2 is 2.45 bits per heavy atom. The lowest BCUT2D eigenvalue weighted by Gasteiger charge is -2.17. The van der Waals surface area contributed by atoms with Gasteiger partial charge >= 0.3 is 11.6 Å². The summed E-state index contributed by atoms with van der Waals surface area (Å²) >= 11 is 0. The predicted octanol–water partition coefficient (Wildman–Crippen LogP) is -1.63. The first-order valence-corrected chi connectivity index (χ1v) is 2.77. The minimum atomic E-state index is -0.783. The Morgan fingerprint density at radius 3 is 2.91 bits per heavy atom. The van der Waals surface area contributed by atoms with Crippen molar-refractivity contribution < 1.29 is 9.72 Å². The highest BCUT2D eigenvalue weighted by molar-refractivity contribution is 5.91. The quantitative estimate of drug-likeness (QED) is 0.271. The van der Waals surface area contributed by atoms with Gasteiger partial charge in [0.05, 0.1) is 4.92 Å². The fourth-order valence-electron chi connectivity index (χ4n) is 0.645. The maximum atomic E-state index is 10.7. The van der Waals surface area contributed by atoms with Crippen molar-refractivity contribution in [2.45, 2.75) is 0 Å². The van der Waals surface area contributed by atoms with Crippen LogP contribution in [0.5, 0.6) is 0 Å². The molecule has 0 atom stereocenters. The van der Waals surface area contributed by atoms with Gasteiger partial charge in [-0.2, -0.15) is 0 Å². The van der Waals surface area contributed by atoms with Gasteiger partial charge in [0.1, 0.15) is 12.9 Å². The van der Waals surface area contributed by atoms with Gasteiger partial charge in [0.15, 0.2) is 0 Å². The first-order valence-electron chi connectivity index (χ1n) is 2.77. The van der Waals surface area contributed by atoms with Crippen LogP contribution in [0.3, 0.4) is 0 Å². The van der Waals surface area contributed by atoms with Crippen LogP contribution in [0.25, 0.3) is 0 Å². The molecule has 1 amide bonds. The molecule has 0 saturated heterocycles. The lowest BCUT2D eigenvalue weighted by Crippen LogP contribution is -2.45. The summed E-state index contributed by atoms with van der Waals surface area (Å²) in [5, 5.41) is 13.3. The van der Waals surface area contributed by atoms with E-state index in [-0.39, 0.29) is 6.67 Å². The molecule has 7 nitrogen and oxygen atoms in total. The zero-order valence-electron chi connectivity index (χ0n) is 5.48. The van der Waals surface area contributed by atoms with E-state index >= 15 is 0 Å². The van der Waals surface area contributed by atoms with E-state index in [0.717, 1.165) is 11.2 Å². The summed E-state index contributed by atoms with van der Waals surface area (Å²) in [6, 6.07) is 0. The third-order valence-corrected chi connectivity index (χ3v) is 1.14. The van der Waals surface area contributed by atoms with Crippen molar-refractivity contribution in [3.63, 3.8) is 0 Å². The number of carbonyl (C=O) groups excluding carboxylic acids is 1. The van der Waals surface area contributed by atoms with Crippen LogP contribution >= 0.6 is 0 Å². The molecule has 7 heteroatoms. The van der Waals surface area contributed by atoms with Crippen molar-refractivity contribution in [1.29, 1.82) is 0 Å². The van der Waals surface area contributed by atoms with Gasteiger partial charge < -0.3 is 5.32 Å². The Hall–Kier alpha value is -1.63. The van der Waals surface area contributed by atoms with Crippen molar-refractivity contribution >= 4 is 5.91 Å². The van der Waals surface area contributed by atoms with Crippen molar-refractivity contribution in [2.75, 3.05) is 6.67 Å². The van der Waals surface area contributed by atoms with Gasteiger partial charge in [0.2, 0.25) is 0 Å². The molecule has 0 aromatic heterocycles. The van der Waals surface area contributed by atoms with Crippen molar-refractivity contribution in [3.8, 4) is 0 Å². The number of nitrogens with one attached hydrogen (secondary N) is 1. The van der Waals surface area contributed by atoms with E-state index in [0.29, 0.717) is 0 Å². The van der Waals surface area contributed by atoms with E-state index in [1.54, 1.807) is 0 Å². The van der Waals surface area contributed by atoms with Gasteiger partial charge in [0.25, 0.3) is 0 Å². The normalized spacial score (nSPS) is 17.4. The van der Waals surface area contributed by atoms with Gasteiger partial charge in [-0.1, -0.05) is 0 Å². The summed E-state index contributed by atoms with van der Waals surface area (Å²) in [4.78, 5) is 20.0. The molecule has 0 aliphatic carbocycles. The number of nitrogens with zero attached hydrogens (tertiary/aromatic N) is 2. The maximum absolute atomic E-state index is 10.7. The number of carbonyl (C=O) groups is 1. The molecular weight excluding hydrogens is 152 g/mol. The molecule has 0 unspecified atom stereocenters. The Labute approximate surface area is 61.6 Å². The minimum absolute atomic E-state index is 0.0934. The topological polar surface area (TPSA) is 102 Å². The molecule has 0 aromatic carbocycles. The van der Waals surface area contributed by atoms with Crippen LogP contribution in [-0.2, 0) is 4.79 Å². The average molecular weight is 158 g/mol. The lowest BCUT2D eigenvalue weighted by atomic mass is 10.4. The molecule has 1 aliphatic rings. The van der Waals surface area contributed by atoms with E-state index in [1.807, 2.05) is 0 Å². The van der Waals surface area contributed by atoms with Crippen molar-refractivity contribution in [3.05, 3.63) is 22.0 Å². The molecule has 0 aromatic rings. The van der Waals surface area contributed by atoms with Crippen LogP contribution in [0.15, 0.2) is 11.9 Å². The largest absolute Gasteiger partial charge is 0.350 e. The summed E-state index contributed by atoms with van der Waals surface area (Å²) in [5.74, 6) is 4.45. The smallest absolute Gasteiger partial charge is 0.328 e. The van der Waals surface area contributed by atoms with Gasteiger partial charge in [-0.3, -0.25) is 19.9 Å². The Morgan fingerprint density at radius 1 is 1.82 bits per heavy atom. The third-order valence-electron chi connectivity index (χ3n) is 1.14. The molecule has 60 valence electrons. The second kappa shape index (κ2) is 2.54. The third kappa shape index (κ3) is 1.44. The summed E-state index contributed by atoms with van der Waals surface area (Å²) in [7, 11) is 0. The number of hydrazine groups is 1. The van der Waals surface area contributed by atoms with Gasteiger partial charge in [-0.25, -0.2) is 5.84 Å². The number of hydrogen-bond donors (Lipinski definition) is 2. The molecule has 1 heterocycles. The minimum Gasteiger partial charge on any atom is -0.328 e. The Bertz CT molecular complexity index is 235. The zero-order chi connectivity index (χ0) is 8.43. The molecule has 0 radical (unpaired) electrons. The lowest BCUT2D eigenvalue weighted by molar-refractivity contribution is -0.420. The van der Waals surface area contributed by atoms with Gasteiger partial charge in [0, 0.05) is 0 Å². The molecule has 0 bridgehead atoms. The molecule has 3 N–H and O–H groups in total. The molecule has 0 fully saturated rings. The number of amides is 1. The summed E-state index contributed by atoms with van der Waals surface area (Å²) in [6.07, 6.45) is 0.985. The standard InChI is InChI=1S/C4H6N4O3/c5-7-1-3(8(10)11)4(9)6-2-7/h1H,2,5H2,(H,6,9). The van der Waals surface area contributed by atoms with E-state index in [2.05, 4.69) is 5.32 Å². The SMILES string of the molecule is NN1C=C([N+](=O)[O-])C(=O)NC1. The molecule has 0 spiro atoms. The highest BCUT2D eigenvalue weighted by Crippen LogP contribution is 2.00. The molecule has 1 rings (SSSR count). The van der Waals surface area contributed by atoms with Crippen molar-refractivity contribution in [2.24, 2.45) is 5.84 Å². The van der Waals surface area contributed by atoms with Crippen molar-refractivity contribution in [1.82, 2.24) is 10.3 Å². The van der Waals surface area contributed by atoms with E-state index < -0.39 is 16.5 Å². The number of nitro groups is 1. The monoisotopic (exact) mass is 158 g/mol. The first-order chi connectivity index (χ1) is 5.11. The summed E-state index contributed by atoms with van der Waals surface area (Å²) in [5.41, 5.74) is -0.543. The van der Waals surface area contributed by atoms with Gasteiger partial charge in [-0.15, -0.1) is 0 Å². The first kappa shape index (κ1) is 7.48. The highest BCUT2D eigenvalue weighted by atomic mass is 16.6. The average Bonchev–Trinajstić information content (AvgIpc) is 1.94. The van der Waals surface area contributed by atoms with Crippen LogP contribution in [0.4, 0.5) is 0 Å². The summed E-state index contributed by atoms with van der Waals surface area (Å²) < 4.78 is 0. The van der Waals surface area contributed by atoms with E-state index in [1.165, 1.54) is 0 Å². The van der Waals surface area contributed by atoms with E-state index in [4.69, 9.17) is 5.84 Å². The summed E-state index contributed by atoms with van der Waals surface area (Å²) in [6.45, 7) is 0.0934. The fraction of sp³-hybridized carbons (Fsp3) is 0.250. The zero-order valence-corrected chi connectivity index (χ0v) is 5.48. The van der Waals surface area contributed by atoms with Crippen LogP contribution in [0.2, 0.25) is 0 Å². The number of hydrogen-bond acceptors (Lipinski definition) is 5. The Balaban J connectivity index is 2.88. The molecular formula is C4H6N4O3. The van der Waals surface area contributed by atoms with Crippen LogP contribution < -0.4 is 11.2 Å². The maximum Gasteiger partial charge on any atom is 0.350 e. The second-order valence-electron chi connectivity index (χ2n) is 1.95. The van der Waals surface area contributed by atoms with Crippen LogP contribution in [-0.4, -0.2) is 22.5 Å². The molecule has 11 heavy (non-hydrogen) atoms. The van der Waals surface area contributed by atoms with Gasteiger partial charge in [-0.05, 0) is 0 Å². The van der Waals surface area contributed by atoms with E-state index in [9.17, 15) is 14.9 Å². The molecule has 1 aliphatic heterocycles. The Kier molecular flexibility index (Phi) is 1.73. The van der Waals surface area contributed by atoms with Crippen LogP contribution in [0, 0.1) is 10.1 Å². The second-order valence-corrected chi connectivity index (χ2v) is 1.95. The number of rotatable bonds is 1. The number of nitrogens with two attached hydrogens (primary N) is 1. The predicted molar refractivity (Wildman–Crippen MR) is 34.1 cm³/mol.